The molecule has 0 saturated heterocycles. The molecule has 0 aliphatic carbocycles. The van der Waals surface area contributed by atoms with Crippen LogP contribution in [0.1, 0.15) is 11.1 Å². The first-order valence-electron chi connectivity index (χ1n) is 9.04. The van der Waals surface area contributed by atoms with E-state index in [1.807, 2.05) is 25.1 Å². The van der Waals surface area contributed by atoms with Crippen molar-refractivity contribution in [2.75, 3.05) is 43.9 Å². The molecular formula is C20H25N5O2. The smallest absolute Gasteiger partial charge is 0.313 e. The van der Waals surface area contributed by atoms with Gasteiger partial charge in [0.25, 0.3) is 0 Å². The maximum absolute atomic E-state index is 12.0. The van der Waals surface area contributed by atoms with Crippen LogP contribution in [0, 0.1) is 0 Å². The Balaban J connectivity index is 1.42. The Morgan fingerprint density at radius 3 is 2.59 bits per heavy atom. The number of carbonyl (C=O) groups excluding carboxylic acids is 2. The van der Waals surface area contributed by atoms with Crippen LogP contribution in [-0.2, 0) is 22.6 Å². The van der Waals surface area contributed by atoms with E-state index in [9.17, 15) is 9.59 Å². The van der Waals surface area contributed by atoms with Crippen LogP contribution in [0.3, 0.4) is 0 Å². The summed E-state index contributed by atoms with van der Waals surface area (Å²) in [6, 6.07) is 11.9. The zero-order valence-electron chi connectivity index (χ0n) is 15.7. The largest absolute Gasteiger partial charge is 0.363 e. The highest BCUT2D eigenvalue weighted by Crippen LogP contribution is 2.17. The summed E-state index contributed by atoms with van der Waals surface area (Å²) in [5, 5.41) is 5.25. The number of pyridine rings is 1. The zero-order chi connectivity index (χ0) is 19.2. The molecular weight excluding hydrogens is 342 g/mol. The number of amides is 2. The molecule has 3 rings (SSSR count). The number of carbonyl (C=O) groups is 2. The highest BCUT2D eigenvalue weighted by molar-refractivity contribution is 6.39. The van der Waals surface area contributed by atoms with Gasteiger partial charge < -0.3 is 15.5 Å². The molecule has 0 bridgehead atoms. The van der Waals surface area contributed by atoms with E-state index in [1.165, 1.54) is 17.3 Å². The van der Waals surface area contributed by atoms with Gasteiger partial charge in [-0.25, -0.2) is 4.98 Å². The van der Waals surface area contributed by atoms with Gasteiger partial charge in [-0.2, -0.15) is 0 Å². The second-order valence-corrected chi connectivity index (χ2v) is 6.80. The first-order valence-corrected chi connectivity index (χ1v) is 9.04. The van der Waals surface area contributed by atoms with E-state index in [2.05, 4.69) is 38.7 Å². The Morgan fingerprint density at radius 1 is 1.11 bits per heavy atom. The summed E-state index contributed by atoms with van der Waals surface area (Å²) in [5.41, 5.74) is 3.22. The second-order valence-electron chi connectivity index (χ2n) is 6.80. The molecule has 2 aromatic rings. The van der Waals surface area contributed by atoms with Crippen molar-refractivity contribution in [1.82, 2.24) is 15.2 Å². The molecule has 0 atom stereocenters. The highest BCUT2D eigenvalue weighted by atomic mass is 16.2. The maximum atomic E-state index is 12.0. The van der Waals surface area contributed by atoms with Crippen molar-refractivity contribution in [2.24, 2.45) is 0 Å². The van der Waals surface area contributed by atoms with Gasteiger partial charge in [0.2, 0.25) is 0 Å². The summed E-state index contributed by atoms with van der Waals surface area (Å²) in [6.07, 6.45) is 2.55. The van der Waals surface area contributed by atoms with Crippen molar-refractivity contribution >= 4 is 23.3 Å². The van der Waals surface area contributed by atoms with E-state index in [0.29, 0.717) is 18.8 Å². The van der Waals surface area contributed by atoms with Gasteiger partial charge in [-0.05, 0) is 29.7 Å². The van der Waals surface area contributed by atoms with Crippen LogP contribution in [0.2, 0.25) is 0 Å². The minimum atomic E-state index is -0.682. The van der Waals surface area contributed by atoms with Gasteiger partial charge in [0.05, 0.1) is 11.9 Å². The first kappa shape index (κ1) is 18.8. The predicted octanol–water partition coefficient (Wildman–Crippen LogP) is 1.26. The van der Waals surface area contributed by atoms with E-state index in [1.54, 1.807) is 12.1 Å². The third-order valence-corrected chi connectivity index (χ3v) is 4.59. The second kappa shape index (κ2) is 8.64. The standard InChI is InChI=1S/C20H25N5O2/c1-24(2)18-8-7-17(13-22-18)23-20(27)19(26)21-10-12-25-11-9-15-5-3-4-6-16(15)14-25/h3-8,13H,9-12,14H2,1-2H3,(H,21,26)(H,23,27). The van der Waals surface area contributed by atoms with Crippen LogP contribution in [0.5, 0.6) is 0 Å². The SMILES string of the molecule is CN(C)c1ccc(NC(=O)C(=O)NCCN2CCc3ccccc3C2)cn1. The lowest BCUT2D eigenvalue weighted by Gasteiger charge is -2.28. The molecule has 0 radical (unpaired) electrons. The maximum Gasteiger partial charge on any atom is 0.313 e. The van der Waals surface area contributed by atoms with Crippen LogP contribution in [0.25, 0.3) is 0 Å². The third kappa shape index (κ3) is 5.04. The molecule has 0 spiro atoms. The quantitative estimate of drug-likeness (QED) is 0.778. The van der Waals surface area contributed by atoms with Crippen LogP contribution < -0.4 is 15.5 Å². The van der Waals surface area contributed by atoms with Crippen molar-refractivity contribution < 1.29 is 9.59 Å². The van der Waals surface area contributed by atoms with Gasteiger partial charge in [-0.1, -0.05) is 24.3 Å². The summed E-state index contributed by atoms with van der Waals surface area (Å²) < 4.78 is 0. The molecule has 27 heavy (non-hydrogen) atoms. The molecule has 142 valence electrons. The Labute approximate surface area is 159 Å². The van der Waals surface area contributed by atoms with E-state index >= 15 is 0 Å². The van der Waals surface area contributed by atoms with Crippen molar-refractivity contribution in [2.45, 2.75) is 13.0 Å². The fraction of sp³-hybridized carbons (Fsp3) is 0.350. The van der Waals surface area contributed by atoms with Crippen LogP contribution in [0.4, 0.5) is 11.5 Å². The van der Waals surface area contributed by atoms with Gasteiger partial charge >= 0.3 is 11.8 Å². The summed E-state index contributed by atoms with van der Waals surface area (Å²) in [4.78, 5) is 32.3. The lowest BCUT2D eigenvalue weighted by atomic mass is 10.00. The minimum Gasteiger partial charge on any atom is -0.363 e. The molecule has 2 N–H and O–H groups in total. The van der Waals surface area contributed by atoms with Gasteiger partial charge in [-0.3, -0.25) is 14.5 Å². The fourth-order valence-corrected chi connectivity index (χ4v) is 3.07. The summed E-state index contributed by atoms with van der Waals surface area (Å²) >= 11 is 0. The first-order chi connectivity index (χ1) is 13.0. The zero-order valence-corrected chi connectivity index (χ0v) is 15.7. The number of aromatic nitrogens is 1. The van der Waals surface area contributed by atoms with Crippen molar-refractivity contribution in [3.63, 3.8) is 0 Å². The van der Waals surface area contributed by atoms with Crippen molar-refractivity contribution in [3.8, 4) is 0 Å². The monoisotopic (exact) mass is 367 g/mol. The molecule has 7 heteroatoms. The van der Waals surface area contributed by atoms with Crippen LogP contribution in [-0.4, -0.2) is 55.4 Å². The molecule has 0 fully saturated rings. The normalized spacial score (nSPS) is 13.6. The number of rotatable bonds is 5. The molecule has 1 aromatic heterocycles. The highest BCUT2D eigenvalue weighted by Gasteiger charge is 2.17. The molecule has 1 aromatic carbocycles. The van der Waals surface area contributed by atoms with Gasteiger partial charge in [0, 0.05) is 40.3 Å². The average Bonchev–Trinajstić information content (AvgIpc) is 2.68. The Morgan fingerprint density at radius 2 is 1.89 bits per heavy atom. The topological polar surface area (TPSA) is 77.6 Å². The number of nitrogens with zero attached hydrogens (tertiary/aromatic N) is 3. The number of hydrogen-bond donors (Lipinski definition) is 2. The Hall–Kier alpha value is -2.93. The average molecular weight is 367 g/mol. The van der Waals surface area contributed by atoms with E-state index in [4.69, 9.17) is 0 Å². The van der Waals surface area contributed by atoms with Crippen LogP contribution in [0.15, 0.2) is 42.6 Å². The number of anilines is 2. The number of benzene rings is 1. The molecule has 0 unspecified atom stereocenters. The summed E-state index contributed by atoms with van der Waals surface area (Å²) in [7, 11) is 3.77. The molecule has 1 aliphatic rings. The van der Waals surface area contributed by atoms with Gasteiger partial charge in [-0.15, -0.1) is 0 Å². The van der Waals surface area contributed by atoms with Gasteiger partial charge in [0.1, 0.15) is 5.82 Å². The lowest BCUT2D eigenvalue weighted by molar-refractivity contribution is -0.136. The molecule has 0 saturated carbocycles. The van der Waals surface area contributed by atoms with E-state index in [0.717, 1.165) is 25.3 Å². The Kier molecular flexibility index (Phi) is 6.03. The lowest BCUT2D eigenvalue weighted by Crippen LogP contribution is -2.41. The third-order valence-electron chi connectivity index (χ3n) is 4.59. The number of hydrogen-bond acceptors (Lipinski definition) is 5. The molecule has 2 amide bonds. The van der Waals surface area contributed by atoms with E-state index < -0.39 is 11.8 Å². The van der Waals surface area contributed by atoms with Crippen molar-refractivity contribution in [1.29, 1.82) is 0 Å². The molecule has 7 nitrogen and oxygen atoms in total. The van der Waals surface area contributed by atoms with Crippen molar-refractivity contribution in [3.05, 3.63) is 53.7 Å². The summed E-state index contributed by atoms with van der Waals surface area (Å²) in [5.74, 6) is -0.539. The minimum absolute atomic E-state index is 0.437. The summed E-state index contributed by atoms with van der Waals surface area (Å²) in [6.45, 7) is 2.99. The molecule has 1 aliphatic heterocycles. The van der Waals surface area contributed by atoms with Crippen LogP contribution >= 0.6 is 0 Å². The number of nitrogens with one attached hydrogen (secondary N) is 2. The Bertz CT molecular complexity index is 804. The molecule has 2 heterocycles. The fourth-order valence-electron chi connectivity index (χ4n) is 3.07. The van der Waals surface area contributed by atoms with Gasteiger partial charge in [0.15, 0.2) is 0 Å². The van der Waals surface area contributed by atoms with E-state index in [-0.39, 0.29) is 0 Å². The predicted molar refractivity (Wildman–Crippen MR) is 106 cm³/mol. The number of fused-ring (bicyclic) bond motifs is 1.